The van der Waals surface area contributed by atoms with Crippen molar-refractivity contribution in [1.29, 1.82) is 0 Å². The molecule has 0 bridgehead atoms. The minimum atomic E-state index is -2.92. The zero-order chi connectivity index (χ0) is 21.8. The van der Waals surface area contributed by atoms with Gasteiger partial charge in [0, 0.05) is 38.1 Å². The summed E-state index contributed by atoms with van der Waals surface area (Å²) < 4.78 is 34.9. The summed E-state index contributed by atoms with van der Waals surface area (Å²) in [5, 5.41) is 0. The van der Waals surface area contributed by atoms with Crippen molar-refractivity contribution in [1.82, 2.24) is 14.9 Å². The van der Waals surface area contributed by atoms with Crippen LogP contribution in [0.4, 0.5) is 14.6 Å². The molecule has 1 atom stereocenters. The second-order valence-electron chi connectivity index (χ2n) is 7.91. The summed E-state index contributed by atoms with van der Waals surface area (Å²) in [6, 6.07) is 5.05. The van der Waals surface area contributed by atoms with Crippen LogP contribution < -0.4 is 14.4 Å². The third-order valence-electron chi connectivity index (χ3n) is 5.71. The number of benzene rings is 1. The van der Waals surface area contributed by atoms with Crippen molar-refractivity contribution in [3.8, 4) is 11.5 Å². The fourth-order valence-corrected chi connectivity index (χ4v) is 4.05. The third kappa shape index (κ3) is 5.21. The van der Waals surface area contributed by atoms with Crippen LogP contribution in [0.5, 0.6) is 11.5 Å². The predicted molar refractivity (Wildman–Crippen MR) is 110 cm³/mol. The van der Waals surface area contributed by atoms with Gasteiger partial charge in [0.1, 0.15) is 5.82 Å². The molecule has 2 aliphatic rings. The molecule has 1 saturated carbocycles. The molecule has 0 spiro atoms. The molecule has 1 saturated heterocycles. The Kier molecular flexibility index (Phi) is 6.48. The highest BCUT2D eigenvalue weighted by atomic mass is 19.3. The Morgan fingerprint density at radius 3 is 2.77 bits per heavy atom. The van der Waals surface area contributed by atoms with Crippen molar-refractivity contribution in [3.05, 3.63) is 42.4 Å². The van der Waals surface area contributed by atoms with Gasteiger partial charge in [0.05, 0.1) is 19.2 Å². The van der Waals surface area contributed by atoms with Gasteiger partial charge in [-0.3, -0.25) is 9.78 Å². The first-order valence-electron chi connectivity index (χ1n) is 10.5. The second-order valence-corrected chi connectivity index (χ2v) is 7.91. The highest BCUT2D eigenvalue weighted by molar-refractivity contribution is 5.80. The Bertz CT molecular complexity index is 896. The summed E-state index contributed by atoms with van der Waals surface area (Å²) in [7, 11) is 1.41. The Morgan fingerprint density at radius 2 is 2.10 bits per heavy atom. The number of amides is 1. The average molecular weight is 432 g/mol. The van der Waals surface area contributed by atoms with E-state index < -0.39 is 6.61 Å². The van der Waals surface area contributed by atoms with Crippen molar-refractivity contribution in [2.24, 2.45) is 5.92 Å². The van der Waals surface area contributed by atoms with Crippen molar-refractivity contribution < 1.29 is 23.0 Å². The monoisotopic (exact) mass is 432 g/mol. The van der Waals surface area contributed by atoms with Crippen LogP contribution in [0.2, 0.25) is 0 Å². The number of ether oxygens (including phenoxy) is 2. The molecule has 7 nitrogen and oxygen atoms in total. The molecule has 0 radical (unpaired) electrons. The molecule has 1 aliphatic carbocycles. The standard InChI is InChI=1S/C22H26F2N4O3/c1-30-19-11-15(4-7-18(19)31-22(23)24)13-28(17-5-6-17)21(29)16-3-2-10-27(14-16)20-12-25-8-9-26-20/h4,7-9,11-12,16-17,22H,2-3,5-6,10,13-14H2,1H3/t16-/m1/s1. The van der Waals surface area contributed by atoms with Gasteiger partial charge in [0.15, 0.2) is 11.5 Å². The van der Waals surface area contributed by atoms with E-state index in [-0.39, 0.29) is 29.4 Å². The molecule has 1 aromatic heterocycles. The number of piperidine rings is 1. The quantitative estimate of drug-likeness (QED) is 0.636. The Labute approximate surface area is 180 Å². The lowest BCUT2D eigenvalue weighted by Crippen LogP contribution is -2.45. The van der Waals surface area contributed by atoms with Gasteiger partial charge in [0.25, 0.3) is 0 Å². The van der Waals surface area contributed by atoms with Gasteiger partial charge in [-0.05, 0) is 43.4 Å². The maximum absolute atomic E-state index is 13.4. The summed E-state index contributed by atoms with van der Waals surface area (Å²) in [6.45, 7) is -1.04. The number of aromatic nitrogens is 2. The van der Waals surface area contributed by atoms with Crippen molar-refractivity contribution >= 4 is 11.7 Å². The SMILES string of the molecule is COc1cc(CN(C(=O)[C@@H]2CCCN(c3cnccn3)C2)C2CC2)ccc1OC(F)F. The van der Waals surface area contributed by atoms with Crippen LogP contribution >= 0.6 is 0 Å². The molecule has 2 aromatic rings. The lowest BCUT2D eigenvalue weighted by Gasteiger charge is -2.35. The molecule has 1 aromatic carbocycles. The van der Waals surface area contributed by atoms with Gasteiger partial charge >= 0.3 is 6.61 Å². The van der Waals surface area contributed by atoms with E-state index in [0.29, 0.717) is 13.1 Å². The summed E-state index contributed by atoms with van der Waals surface area (Å²) >= 11 is 0. The van der Waals surface area contributed by atoms with Crippen molar-refractivity contribution in [3.63, 3.8) is 0 Å². The lowest BCUT2D eigenvalue weighted by atomic mass is 9.96. The fourth-order valence-electron chi connectivity index (χ4n) is 4.05. The zero-order valence-electron chi connectivity index (χ0n) is 17.4. The minimum Gasteiger partial charge on any atom is -0.493 e. The van der Waals surface area contributed by atoms with E-state index >= 15 is 0 Å². The van der Waals surface area contributed by atoms with Gasteiger partial charge < -0.3 is 19.3 Å². The van der Waals surface area contributed by atoms with E-state index in [1.54, 1.807) is 30.7 Å². The highest BCUT2D eigenvalue weighted by Crippen LogP contribution is 2.34. The Balaban J connectivity index is 1.47. The Morgan fingerprint density at radius 1 is 1.26 bits per heavy atom. The van der Waals surface area contributed by atoms with E-state index in [4.69, 9.17) is 4.74 Å². The van der Waals surface area contributed by atoms with Gasteiger partial charge in [-0.15, -0.1) is 0 Å². The summed E-state index contributed by atoms with van der Waals surface area (Å²) in [5.41, 5.74) is 0.820. The largest absolute Gasteiger partial charge is 0.493 e. The average Bonchev–Trinajstić information content (AvgIpc) is 3.63. The van der Waals surface area contributed by atoms with Crippen LogP contribution in [0, 0.1) is 5.92 Å². The molecule has 2 fully saturated rings. The van der Waals surface area contributed by atoms with Crippen molar-refractivity contribution in [2.45, 2.75) is 44.9 Å². The number of hydrogen-bond donors (Lipinski definition) is 0. The number of methoxy groups -OCH3 is 1. The first kappa shape index (κ1) is 21.3. The molecule has 31 heavy (non-hydrogen) atoms. The van der Waals surface area contributed by atoms with Crippen LogP contribution in [0.3, 0.4) is 0 Å². The first-order chi connectivity index (χ1) is 15.0. The number of rotatable bonds is 8. The number of alkyl halides is 2. The number of nitrogens with zero attached hydrogens (tertiary/aromatic N) is 4. The maximum atomic E-state index is 13.4. The molecular formula is C22H26F2N4O3. The topological polar surface area (TPSA) is 67.8 Å². The van der Waals surface area contributed by atoms with Gasteiger partial charge in [-0.1, -0.05) is 6.07 Å². The maximum Gasteiger partial charge on any atom is 0.387 e. The predicted octanol–water partition coefficient (Wildman–Crippen LogP) is 3.49. The normalized spacial score (nSPS) is 18.7. The molecule has 0 unspecified atom stereocenters. The summed E-state index contributed by atoms with van der Waals surface area (Å²) in [6.07, 6.45) is 8.73. The number of anilines is 1. The van der Waals surface area contributed by atoms with Gasteiger partial charge in [-0.2, -0.15) is 8.78 Å². The summed E-state index contributed by atoms with van der Waals surface area (Å²) in [4.78, 5) is 26.0. The smallest absolute Gasteiger partial charge is 0.387 e. The van der Waals surface area contributed by atoms with E-state index in [1.165, 1.54) is 13.2 Å². The van der Waals surface area contributed by atoms with Gasteiger partial charge in [-0.25, -0.2) is 4.98 Å². The van der Waals surface area contributed by atoms with E-state index in [1.807, 2.05) is 4.90 Å². The molecule has 1 amide bonds. The summed E-state index contributed by atoms with van der Waals surface area (Å²) in [5.74, 6) is 1.02. The molecular weight excluding hydrogens is 406 g/mol. The zero-order valence-corrected chi connectivity index (χ0v) is 17.4. The van der Waals surface area contributed by atoms with E-state index in [2.05, 4.69) is 19.6 Å². The molecule has 2 heterocycles. The second kappa shape index (κ2) is 9.45. The fraction of sp³-hybridized carbons (Fsp3) is 0.500. The van der Waals surface area contributed by atoms with Gasteiger partial charge in [0.2, 0.25) is 5.91 Å². The third-order valence-corrected chi connectivity index (χ3v) is 5.71. The number of carbonyl (C=O) groups is 1. The lowest BCUT2D eigenvalue weighted by molar-refractivity contribution is -0.137. The molecule has 1 aliphatic heterocycles. The van der Waals surface area contributed by atoms with E-state index in [9.17, 15) is 13.6 Å². The van der Waals surface area contributed by atoms with Crippen LogP contribution in [0.15, 0.2) is 36.8 Å². The van der Waals surface area contributed by atoms with Crippen LogP contribution in [0.25, 0.3) is 0 Å². The van der Waals surface area contributed by atoms with Crippen molar-refractivity contribution in [2.75, 3.05) is 25.1 Å². The van der Waals surface area contributed by atoms with E-state index in [0.717, 1.165) is 43.6 Å². The minimum absolute atomic E-state index is 0.0163. The molecule has 4 rings (SSSR count). The number of carbonyl (C=O) groups excluding carboxylic acids is 1. The van der Waals surface area contributed by atoms with Crippen LogP contribution in [-0.4, -0.2) is 53.6 Å². The Hall–Kier alpha value is -2.97. The molecule has 9 heteroatoms. The first-order valence-corrected chi connectivity index (χ1v) is 10.5. The molecule has 166 valence electrons. The number of halogens is 2. The van der Waals surface area contributed by atoms with Crippen LogP contribution in [-0.2, 0) is 11.3 Å². The van der Waals surface area contributed by atoms with Crippen LogP contribution in [0.1, 0.15) is 31.2 Å². The number of hydrogen-bond acceptors (Lipinski definition) is 6. The highest BCUT2D eigenvalue weighted by Gasteiger charge is 2.37. The molecule has 0 N–H and O–H groups in total.